The van der Waals surface area contributed by atoms with Crippen LogP contribution in [-0.4, -0.2) is 42.2 Å². The number of hydrogen-bond donors (Lipinski definition) is 2. The molecular formula is C14H14N2O4. The molecule has 0 aliphatic carbocycles. The predicted octanol–water partition coefficient (Wildman–Crippen LogP) is 0.0908. The van der Waals surface area contributed by atoms with E-state index in [9.17, 15) is 9.59 Å². The van der Waals surface area contributed by atoms with Crippen molar-refractivity contribution in [1.82, 2.24) is 10.2 Å². The summed E-state index contributed by atoms with van der Waals surface area (Å²) in [5, 5.41) is 11.2. The van der Waals surface area contributed by atoms with E-state index in [1.807, 2.05) is 0 Å². The molecule has 20 heavy (non-hydrogen) atoms. The van der Waals surface area contributed by atoms with Crippen molar-refractivity contribution >= 4 is 11.9 Å². The smallest absolute Gasteiger partial charge is 0.324 e. The Morgan fingerprint density at radius 2 is 2.25 bits per heavy atom. The summed E-state index contributed by atoms with van der Waals surface area (Å²) in [4.78, 5) is 24.3. The standard InChI is InChI=1S/C14H14N2O4/c1-20-12-5-4-10(3-2-6-17)7-11(12)9-16-13(18)8-15-14(16)19/h4-5,7,17H,6,8-9H2,1H3,(H,15,19). The van der Waals surface area contributed by atoms with Crippen LogP contribution in [0, 0.1) is 11.8 Å². The number of benzene rings is 1. The molecule has 104 valence electrons. The van der Waals surface area contributed by atoms with E-state index in [1.165, 1.54) is 7.11 Å². The van der Waals surface area contributed by atoms with Crippen LogP contribution in [0.3, 0.4) is 0 Å². The normalized spacial score (nSPS) is 13.8. The Kier molecular flexibility index (Phi) is 4.23. The highest BCUT2D eigenvalue weighted by Crippen LogP contribution is 2.22. The van der Waals surface area contributed by atoms with Crippen LogP contribution in [0.4, 0.5) is 4.79 Å². The molecule has 2 N–H and O–H groups in total. The lowest BCUT2D eigenvalue weighted by Crippen LogP contribution is -2.30. The molecule has 0 saturated carbocycles. The van der Waals surface area contributed by atoms with Gasteiger partial charge in [0.1, 0.15) is 12.4 Å². The Hall–Kier alpha value is -2.52. The van der Waals surface area contributed by atoms with Gasteiger partial charge in [0.05, 0.1) is 20.2 Å². The van der Waals surface area contributed by atoms with Crippen molar-refractivity contribution in [3.05, 3.63) is 29.3 Å². The molecule has 1 fully saturated rings. The molecule has 0 bridgehead atoms. The first-order valence-corrected chi connectivity index (χ1v) is 6.00. The molecule has 1 aliphatic heterocycles. The van der Waals surface area contributed by atoms with E-state index in [2.05, 4.69) is 17.2 Å². The summed E-state index contributed by atoms with van der Waals surface area (Å²) >= 11 is 0. The molecule has 1 aromatic carbocycles. The third kappa shape index (κ3) is 2.90. The van der Waals surface area contributed by atoms with Gasteiger partial charge >= 0.3 is 6.03 Å². The number of aliphatic hydroxyl groups excluding tert-OH is 1. The number of methoxy groups -OCH3 is 1. The fraction of sp³-hybridized carbons (Fsp3) is 0.286. The van der Waals surface area contributed by atoms with Crippen molar-refractivity contribution in [3.8, 4) is 17.6 Å². The quantitative estimate of drug-likeness (QED) is 0.605. The molecule has 0 unspecified atom stereocenters. The zero-order valence-corrected chi connectivity index (χ0v) is 11.0. The number of aliphatic hydroxyl groups is 1. The van der Waals surface area contributed by atoms with Gasteiger partial charge in [-0.2, -0.15) is 0 Å². The highest BCUT2D eigenvalue weighted by Gasteiger charge is 2.29. The molecule has 2 rings (SSSR count). The lowest BCUT2D eigenvalue weighted by atomic mass is 10.1. The zero-order chi connectivity index (χ0) is 14.5. The van der Waals surface area contributed by atoms with Crippen molar-refractivity contribution in [2.24, 2.45) is 0 Å². The molecule has 6 nitrogen and oxygen atoms in total. The number of carbonyl (C=O) groups is 2. The Morgan fingerprint density at radius 1 is 1.45 bits per heavy atom. The van der Waals surface area contributed by atoms with Crippen LogP contribution in [-0.2, 0) is 11.3 Å². The maximum Gasteiger partial charge on any atom is 0.324 e. The lowest BCUT2D eigenvalue weighted by Gasteiger charge is -2.15. The predicted molar refractivity (Wildman–Crippen MR) is 70.9 cm³/mol. The molecule has 0 aromatic heterocycles. The summed E-state index contributed by atoms with van der Waals surface area (Å²) < 4.78 is 5.22. The molecule has 1 aromatic rings. The summed E-state index contributed by atoms with van der Waals surface area (Å²) in [5.41, 5.74) is 1.37. The maximum atomic E-state index is 11.6. The van der Waals surface area contributed by atoms with Crippen molar-refractivity contribution in [2.75, 3.05) is 20.3 Å². The largest absolute Gasteiger partial charge is 0.496 e. The number of nitrogens with one attached hydrogen (secondary N) is 1. The van der Waals surface area contributed by atoms with Crippen LogP contribution in [0.25, 0.3) is 0 Å². The summed E-state index contributed by atoms with van der Waals surface area (Å²) in [6.45, 7) is -0.0813. The SMILES string of the molecule is COc1ccc(C#CCO)cc1CN1C(=O)CNC1=O. The number of amides is 3. The maximum absolute atomic E-state index is 11.6. The first kappa shape index (κ1) is 13.9. The molecule has 0 spiro atoms. The third-order valence-corrected chi connectivity index (χ3v) is 2.86. The van der Waals surface area contributed by atoms with Crippen molar-refractivity contribution in [1.29, 1.82) is 0 Å². The fourth-order valence-corrected chi connectivity index (χ4v) is 1.91. The minimum absolute atomic E-state index is 0.0190. The molecular weight excluding hydrogens is 260 g/mol. The van der Waals surface area contributed by atoms with Gasteiger partial charge in [0.25, 0.3) is 0 Å². The van der Waals surface area contributed by atoms with Crippen LogP contribution < -0.4 is 10.1 Å². The second-order valence-electron chi connectivity index (χ2n) is 4.13. The lowest BCUT2D eigenvalue weighted by molar-refractivity contribution is -0.125. The van der Waals surface area contributed by atoms with Crippen LogP contribution in [0.15, 0.2) is 18.2 Å². The van der Waals surface area contributed by atoms with Gasteiger partial charge in [-0.15, -0.1) is 0 Å². The molecule has 6 heteroatoms. The average molecular weight is 274 g/mol. The molecule has 1 heterocycles. The molecule has 3 amide bonds. The number of ether oxygens (including phenoxy) is 1. The molecule has 0 atom stereocenters. The summed E-state index contributed by atoms with van der Waals surface area (Å²) in [7, 11) is 1.52. The topological polar surface area (TPSA) is 78.9 Å². The van der Waals surface area contributed by atoms with Gasteiger partial charge in [0.2, 0.25) is 5.91 Å². The summed E-state index contributed by atoms with van der Waals surface area (Å²) in [6, 6.07) is 4.79. The highest BCUT2D eigenvalue weighted by molar-refractivity contribution is 6.01. The second kappa shape index (κ2) is 6.08. The average Bonchev–Trinajstić information content (AvgIpc) is 2.77. The fourth-order valence-electron chi connectivity index (χ4n) is 1.91. The summed E-state index contributed by atoms with van der Waals surface area (Å²) in [6.07, 6.45) is 0. The van der Waals surface area contributed by atoms with E-state index in [-0.39, 0.29) is 25.6 Å². The van der Waals surface area contributed by atoms with Crippen LogP contribution >= 0.6 is 0 Å². The minimum atomic E-state index is -0.413. The van der Waals surface area contributed by atoms with Gasteiger partial charge in [-0.1, -0.05) is 11.8 Å². The molecule has 1 saturated heterocycles. The van der Waals surface area contributed by atoms with E-state index in [0.717, 1.165) is 4.90 Å². The van der Waals surface area contributed by atoms with Crippen molar-refractivity contribution in [2.45, 2.75) is 6.54 Å². The first-order chi connectivity index (χ1) is 9.65. The van der Waals surface area contributed by atoms with Crippen LogP contribution in [0.1, 0.15) is 11.1 Å². The van der Waals surface area contributed by atoms with Gasteiger partial charge < -0.3 is 15.2 Å². The van der Waals surface area contributed by atoms with E-state index in [0.29, 0.717) is 16.9 Å². The Morgan fingerprint density at radius 3 is 2.85 bits per heavy atom. The highest BCUT2D eigenvalue weighted by atomic mass is 16.5. The van der Waals surface area contributed by atoms with E-state index < -0.39 is 6.03 Å². The second-order valence-corrected chi connectivity index (χ2v) is 4.13. The Bertz CT molecular complexity index is 585. The van der Waals surface area contributed by atoms with Crippen LogP contribution in [0.2, 0.25) is 0 Å². The van der Waals surface area contributed by atoms with Gasteiger partial charge in [-0.25, -0.2) is 4.79 Å². The van der Waals surface area contributed by atoms with Gasteiger partial charge in [-0.05, 0) is 18.2 Å². The Labute approximate surface area is 116 Å². The zero-order valence-electron chi connectivity index (χ0n) is 11.0. The molecule has 0 radical (unpaired) electrons. The van der Waals surface area contributed by atoms with Gasteiger partial charge in [0, 0.05) is 11.1 Å². The summed E-state index contributed by atoms with van der Waals surface area (Å²) in [5.74, 6) is 5.62. The Balaban J connectivity index is 2.28. The number of hydrogen-bond acceptors (Lipinski definition) is 4. The van der Waals surface area contributed by atoms with Gasteiger partial charge in [-0.3, -0.25) is 9.69 Å². The first-order valence-electron chi connectivity index (χ1n) is 6.00. The number of urea groups is 1. The van der Waals surface area contributed by atoms with Gasteiger partial charge in [0.15, 0.2) is 0 Å². The molecule has 1 aliphatic rings. The number of nitrogens with zero attached hydrogens (tertiary/aromatic N) is 1. The number of carbonyl (C=O) groups excluding carboxylic acids is 2. The minimum Gasteiger partial charge on any atom is -0.496 e. The third-order valence-electron chi connectivity index (χ3n) is 2.86. The van der Waals surface area contributed by atoms with Crippen molar-refractivity contribution in [3.63, 3.8) is 0 Å². The number of rotatable bonds is 3. The van der Waals surface area contributed by atoms with Crippen LogP contribution in [0.5, 0.6) is 5.75 Å². The van der Waals surface area contributed by atoms with Crippen molar-refractivity contribution < 1.29 is 19.4 Å². The van der Waals surface area contributed by atoms with E-state index in [1.54, 1.807) is 18.2 Å². The number of imide groups is 1. The monoisotopic (exact) mass is 274 g/mol. The van der Waals surface area contributed by atoms with E-state index >= 15 is 0 Å². The van der Waals surface area contributed by atoms with E-state index in [4.69, 9.17) is 9.84 Å².